The maximum Gasteiger partial charge on any atom is 0.411 e. The lowest BCUT2D eigenvalue weighted by Gasteiger charge is -2.30. The van der Waals surface area contributed by atoms with E-state index >= 15 is 0 Å². The van der Waals surface area contributed by atoms with E-state index in [9.17, 15) is 20.0 Å². The van der Waals surface area contributed by atoms with Gasteiger partial charge in [-0.1, -0.05) is 25.7 Å². The van der Waals surface area contributed by atoms with Crippen LogP contribution in [0.4, 0.5) is 4.79 Å². The number of hydrogen-bond donors (Lipinski definition) is 3. The summed E-state index contributed by atoms with van der Waals surface area (Å²) >= 11 is 0. The van der Waals surface area contributed by atoms with E-state index in [0.29, 0.717) is 51.5 Å². The molecule has 3 aliphatic rings. The van der Waals surface area contributed by atoms with E-state index in [-0.39, 0.29) is 11.9 Å². The van der Waals surface area contributed by atoms with Crippen LogP contribution in [0.2, 0.25) is 0 Å². The van der Waals surface area contributed by atoms with Crippen LogP contribution in [-0.4, -0.2) is 65.9 Å². The number of carbonyl (C=O) groups is 2. The van der Waals surface area contributed by atoms with Gasteiger partial charge < -0.3 is 20.1 Å². The number of guanidine groups is 1. The van der Waals surface area contributed by atoms with Gasteiger partial charge in [-0.15, -0.1) is 0 Å². The van der Waals surface area contributed by atoms with Crippen LogP contribution in [0.5, 0.6) is 0 Å². The Kier molecular flexibility index (Phi) is 7.91. The zero-order valence-corrected chi connectivity index (χ0v) is 17.6. The first-order valence-electron chi connectivity index (χ1n) is 11.1. The van der Waals surface area contributed by atoms with Crippen molar-refractivity contribution in [3.63, 3.8) is 0 Å². The van der Waals surface area contributed by atoms with E-state index in [1.54, 1.807) is 0 Å². The molecule has 0 aromatic heterocycles. The second-order valence-corrected chi connectivity index (χ2v) is 8.62. The van der Waals surface area contributed by atoms with Crippen molar-refractivity contribution in [2.45, 2.75) is 75.8 Å². The Morgan fingerprint density at radius 3 is 2.47 bits per heavy atom. The van der Waals surface area contributed by atoms with Crippen LogP contribution >= 0.6 is 0 Å². The van der Waals surface area contributed by atoms with E-state index in [0.717, 1.165) is 19.3 Å². The average Bonchev–Trinajstić information content (AvgIpc) is 3.43. The fourth-order valence-electron chi connectivity index (χ4n) is 4.72. The van der Waals surface area contributed by atoms with Crippen molar-refractivity contribution >= 4 is 18.0 Å². The molecule has 1 atom stereocenters. The topological polar surface area (TPSA) is 127 Å². The Balaban J connectivity index is 1.77. The molecule has 0 aromatic carbocycles. The summed E-state index contributed by atoms with van der Waals surface area (Å²) in [6.07, 6.45) is 8.15. The van der Waals surface area contributed by atoms with Crippen LogP contribution in [-0.2, 0) is 9.53 Å². The van der Waals surface area contributed by atoms with Gasteiger partial charge in [-0.05, 0) is 44.4 Å². The number of rotatable bonds is 6. The maximum absolute atomic E-state index is 13.2. The molecule has 2 amide bonds. The zero-order valence-electron chi connectivity index (χ0n) is 17.6. The van der Waals surface area contributed by atoms with E-state index < -0.39 is 17.7 Å². The van der Waals surface area contributed by atoms with E-state index in [1.807, 2.05) is 4.90 Å². The van der Waals surface area contributed by atoms with Crippen LogP contribution in [0.1, 0.15) is 64.2 Å². The first-order chi connectivity index (χ1) is 14.5. The minimum atomic E-state index is -1.21. The number of nitrogens with one attached hydrogen (secondary N) is 2. The third-order valence-corrected chi connectivity index (χ3v) is 6.47. The first-order valence-corrected chi connectivity index (χ1v) is 11.1. The summed E-state index contributed by atoms with van der Waals surface area (Å²) in [4.78, 5) is 30.9. The van der Waals surface area contributed by atoms with E-state index in [1.165, 1.54) is 25.7 Å². The number of amides is 2. The molecule has 1 unspecified atom stereocenters. The number of ether oxygens (including phenoxy) is 1. The third-order valence-electron chi connectivity index (χ3n) is 6.47. The van der Waals surface area contributed by atoms with Crippen LogP contribution in [0.25, 0.3) is 0 Å². The number of carboxylic acid groups (broad SMARTS) is 1. The summed E-state index contributed by atoms with van der Waals surface area (Å²) in [5.41, 5.74) is -0.822. The number of aliphatic imine (C=N–C) groups is 1. The predicted molar refractivity (Wildman–Crippen MR) is 111 cm³/mol. The van der Waals surface area contributed by atoms with Gasteiger partial charge in [-0.2, -0.15) is 5.26 Å². The molecule has 0 spiro atoms. The van der Waals surface area contributed by atoms with Gasteiger partial charge in [0, 0.05) is 13.1 Å². The van der Waals surface area contributed by atoms with E-state index in [4.69, 9.17) is 4.74 Å². The summed E-state index contributed by atoms with van der Waals surface area (Å²) in [7, 11) is 0. The van der Waals surface area contributed by atoms with Crippen molar-refractivity contribution in [2.75, 3.05) is 26.3 Å². The zero-order chi connectivity index (χ0) is 21.4. The molecule has 2 aliphatic carbocycles. The number of morpholine rings is 1. The van der Waals surface area contributed by atoms with Crippen LogP contribution in [0.15, 0.2) is 4.99 Å². The van der Waals surface area contributed by atoms with Crippen molar-refractivity contribution in [1.29, 1.82) is 5.26 Å². The molecule has 30 heavy (non-hydrogen) atoms. The minimum Gasteiger partial charge on any atom is -0.465 e. The molecule has 0 bridgehead atoms. The lowest BCUT2D eigenvalue weighted by Crippen LogP contribution is -2.52. The number of hydrogen-bond acceptors (Lipinski definition) is 5. The molecule has 1 saturated heterocycles. The highest BCUT2D eigenvalue weighted by molar-refractivity contribution is 5.95. The van der Waals surface area contributed by atoms with Crippen LogP contribution in [0.3, 0.4) is 0 Å². The fourth-order valence-corrected chi connectivity index (χ4v) is 4.72. The molecule has 3 rings (SSSR count). The molecule has 9 heteroatoms. The Hall–Kier alpha value is -2.34. The van der Waals surface area contributed by atoms with Crippen molar-refractivity contribution in [3.8, 4) is 6.07 Å². The normalized spacial score (nSPS) is 23.0. The Morgan fingerprint density at radius 2 is 1.87 bits per heavy atom. The standard InChI is InChI=1S/C21H33N5O4/c22-15-21(9-3-4-10-21)25-18(27)17(8-7-16-5-1-2-6-16)23-19(24-20(28)29)26-11-13-30-14-12-26/h16-17H,1-14H2,(H,23,24)(H,25,27)(H,28,29). The fraction of sp³-hybridized carbons (Fsp3) is 0.810. The summed E-state index contributed by atoms with van der Waals surface area (Å²) in [5, 5.41) is 24.3. The second-order valence-electron chi connectivity index (χ2n) is 8.62. The molecule has 3 fully saturated rings. The summed E-state index contributed by atoms with van der Waals surface area (Å²) in [5.74, 6) is 0.496. The van der Waals surface area contributed by atoms with Gasteiger partial charge in [0.1, 0.15) is 11.6 Å². The van der Waals surface area contributed by atoms with Crippen molar-refractivity contribution in [3.05, 3.63) is 0 Å². The van der Waals surface area contributed by atoms with Gasteiger partial charge in [0.2, 0.25) is 11.9 Å². The summed E-state index contributed by atoms with van der Waals surface area (Å²) < 4.78 is 5.35. The summed E-state index contributed by atoms with van der Waals surface area (Å²) in [6.45, 7) is 1.99. The second kappa shape index (κ2) is 10.6. The molecule has 1 heterocycles. The molecule has 166 valence electrons. The largest absolute Gasteiger partial charge is 0.465 e. The molecule has 0 radical (unpaired) electrons. The SMILES string of the molecule is N#CC1(NC(=O)C(CCC2CCCC2)N=C(NC(=O)O)N2CCOCC2)CCCC1. The predicted octanol–water partition coefficient (Wildman–Crippen LogP) is 2.23. The average molecular weight is 420 g/mol. The van der Waals surface area contributed by atoms with Gasteiger partial charge in [0.15, 0.2) is 0 Å². The van der Waals surface area contributed by atoms with Crippen molar-refractivity contribution < 1.29 is 19.4 Å². The van der Waals surface area contributed by atoms with Gasteiger partial charge >= 0.3 is 6.09 Å². The Morgan fingerprint density at radius 1 is 1.20 bits per heavy atom. The third kappa shape index (κ3) is 6.08. The van der Waals surface area contributed by atoms with Crippen molar-refractivity contribution in [1.82, 2.24) is 15.5 Å². The van der Waals surface area contributed by atoms with Crippen LogP contribution < -0.4 is 10.6 Å². The van der Waals surface area contributed by atoms with Gasteiger partial charge in [0.05, 0.1) is 19.3 Å². The minimum absolute atomic E-state index is 0.190. The van der Waals surface area contributed by atoms with Crippen molar-refractivity contribution in [2.24, 2.45) is 10.9 Å². The molecule has 0 aromatic rings. The molecule has 2 saturated carbocycles. The Labute approximate surface area is 177 Å². The van der Waals surface area contributed by atoms with Crippen LogP contribution in [0, 0.1) is 17.2 Å². The molecular weight excluding hydrogens is 386 g/mol. The lowest BCUT2D eigenvalue weighted by atomic mass is 9.96. The highest BCUT2D eigenvalue weighted by atomic mass is 16.5. The van der Waals surface area contributed by atoms with E-state index in [2.05, 4.69) is 21.7 Å². The maximum atomic E-state index is 13.2. The highest BCUT2D eigenvalue weighted by Gasteiger charge is 2.37. The lowest BCUT2D eigenvalue weighted by molar-refractivity contribution is -0.123. The first kappa shape index (κ1) is 22.3. The molecular formula is C21H33N5O4. The van der Waals surface area contributed by atoms with Gasteiger partial charge in [-0.25, -0.2) is 9.79 Å². The molecule has 1 aliphatic heterocycles. The summed E-state index contributed by atoms with van der Waals surface area (Å²) in [6, 6.07) is 1.57. The number of nitrogens with zero attached hydrogens (tertiary/aromatic N) is 3. The molecule has 3 N–H and O–H groups in total. The Bertz CT molecular complexity index is 671. The smallest absolute Gasteiger partial charge is 0.411 e. The highest BCUT2D eigenvalue weighted by Crippen LogP contribution is 2.31. The van der Waals surface area contributed by atoms with Gasteiger partial charge in [-0.3, -0.25) is 10.1 Å². The monoisotopic (exact) mass is 419 g/mol. The quantitative estimate of drug-likeness (QED) is 0.448. The molecule has 9 nitrogen and oxygen atoms in total. The number of carbonyl (C=O) groups excluding carboxylic acids is 1. The van der Waals surface area contributed by atoms with Gasteiger partial charge in [0.25, 0.3) is 0 Å². The number of nitriles is 1.